The van der Waals surface area contributed by atoms with Gasteiger partial charge in [-0.15, -0.1) is 11.8 Å². The SMILES string of the molecule is O=C(Nc1ccc(SC(C(=O)Nc2cc(Cl)cc(Cl)c2)c2ccccc2)cc1)/C(=C/c1c(F)cccc1Cl)NC(=O)c1ccccc1. The topological polar surface area (TPSA) is 87.3 Å². The molecule has 5 aromatic rings. The van der Waals surface area contributed by atoms with E-state index in [9.17, 15) is 18.8 Å². The summed E-state index contributed by atoms with van der Waals surface area (Å²) in [5.74, 6) is -2.20. The number of hydrogen-bond acceptors (Lipinski definition) is 4. The summed E-state index contributed by atoms with van der Waals surface area (Å²) in [5, 5.41) is 8.41. The normalized spacial score (nSPS) is 11.8. The zero-order chi connectivity index (χ0) is 33.3. The van der Waals surface area contributed by atoms with Gasteiger partial charge in [0.2, 0.25) is 5.91 Å². The van der Waals surface area contributed by atoms with Crippen LogP contribution in [0.1, 0.15) is 26.7 Å². The first-order chi connectivity index (χ1) is 22.7. The summed E-state index contributed by atoms with van der Waals surface area (Å²) in [6.45, 7) is 0. The average molecular weight is 705 g/mol. The van der Waals surface area contributed by atoms with Crippen molar-refractivity contribution in [3.8, 4) is 0 Å². The van der Waals surface area contributed by atoms with E-state index in [0.717, 1.165) is 10.5 Å². The van der Waals surface area contributed by atoms with Gasteiger partial charge >= 0.3 is 0 Å². The predicted octanol–water partition coefficient (Wildman–Crippen LogP) is 9.67. The minimum absolute atomic E-state index is 0.0512. The summed E-state index contributed by atoms with van der Waals surface area (Å²) in [7, 11) is 0. The van der Waals surface area contributed by atoms with E-state index in [-0.39, 0.29) is 22.2 Å². The minimum Gasteiger partial charge on any atom is -0.325 e. The van der Waals surface area contributed by atoms with Crippen molar-refractivity contribution >= 4 is 81.7 Å². The number of carbonyl (C=O) groups excluding carboxylic acids is 3. The van der Waals surface area contributed by atoms with Crippen LogP contribution in [0, 0.1) is 5.82 Å². The summed E-state index contributed by atoms with van der Waals surface area (Å²) in [6, 6.07) is 33.3. The van der Waals surface area contributed by atoms with Gasteiger partial charge in [0.15, 0.2) is 0 Å². The van der Waals surface area contributed by atoms with E-state index in [1.54, 1.807) is 72.8 Å². The maximum Gasteiger partial charge on any atom is 0.272 e. The highest BCUT2D eigenvalue weighted by Crippen LogP contribution is 2.37. The van der Waals surface area contributed by atoms with Gasteiger partial charge in [0.05, 0.1) is 5.02 Å². The number of thioether (sulfide) groups is 1. The molecule has 0 fully saturated rings. The highest BCUT2D eigenvalue weighted by Gasteiger charge is 2.23. The van der Waals surface area contributed by atoms with Crippen molar-refractivity contribution in [1.29, 1.82) is 0 Å². The van der Waals surface area contributed by atoms with Crippen molar-refractivity contribution in [2.45, 2.75) is 10.1 Å². The Balaban J connectivity index is 1.35. The predicted molar refractivity (Wildman–Crippen MR) is 188 cm³/mol. The second kappa shape index (κ2) is 15.8. The lowest BCUT2D eigenvalue weighted by Gasteiger charge is -2.18. The lowest BCUT2D eigenvalue weighted by molar-refractivity contribution is -0.116. The van der Waals surface area contributed by atoms with Crippen molar-refractivity contribution in [2.75, 3.05) is 10.6 Å². The zero-order valence-corrected chi connectivity index (χ0v) is 27.4. The molecule has 0 radical (unpaired) electrons. The Labute approximate surface area is 289 Å². The van der Waals surface area contributed by atoms with Gasteiger partial charge in [-0.25, -0.2) is 4.39 Å². The molecule has 1 atom stereocenters. The average Bonchev–Trinajstić information content (AvgIpc) is 3.05. The van der Waals surface area contributed by atoms with Gasteiger partial charge in [0.25, 0.3) is 11.8 Å². The van der Waals surface area contributed by atoms with Gasteiger partial charge in [-0.05, 0) is 78.4 Å². The molecular formula is C36H25Cl3FN3O3S. The Hall–Kier alpha value is -4.60. The summed E-state index contributed by atoms with van der Waals surface area (Å²) in [5.41, 5.74) is 1.68. The Kier molecular flexibility index (Phi) is 11.3. The van der Waals surface area contributed by atoms with Gasteiger partial charge in [-0.2, -0.15) is 0 Å². The van der Waals surface area contributed by atoms with Crippen LogP contribution in [-0.2, 0) is 9.59 Å². The maximum atomic E-state index is 14.6. The number of carbonyl (C=O) groups is 3. The molecule has 0 aliphatic heterocycles. The molecule has 0 saturated heterocycles. The summed E-state index contributed by atoms with van der Waals surface area (Å²) < 4.78 is 14.6. The number of nitrogens with one attached hydrogen (secondary N) is 3. The molecule has 47 heavy (non-hydrogen) atoms. The Morgan fingerprint density at radius 3 is 1.98 bits per heavy atom. The van der Waals surface area contributed by atoms with E-state index in [0.29, 0.717) is 27.0 Å². The molecule has 0 aromatic heterocycles. The summed E-state index contributed by atoms with van der Waals surface area (Å²) >= 11 is 19.8. The van der Waals surface area contributed by atoms with E-state index >= 15 is 0 Å². The molecule has 3 amide bonds. The van der Waals surface area contributed by atoms with Gasteiger partial charge in [-0.3, -0.25) is 14.4 Å². The highest BCUT2D eigenvalue weighted by atomic mass is 35.5. The van der Waals surface area contributed by atoms with Gasteiger partial charge in [-0.1, -0.05) is 89.4 Å². The highest BCUT2D eigenvalue weighted by molar-refractivity contribution is 8.00. The van der Waals surface area contributed by atoms with Crippen LogP contribution in [0.15, 0.2) is 132 Å². The molecule has 3 N–H and O–H groups in total. The fourth-order valence-corrected chi connectivity index (χ4v) is 6.19. The molecule has 5 rings (SSSR count). The van der Waals surface area contributed by atoms with Crippen molar-refractivity contribution in [2.24, 2.45) is 0 Å². The fourth-order valence-electron chi connectivity index (χ4n) is 4.42. The quantitative estimate of drug-likeness (QED) is 0.0998. The smallest absolute Gasteiger partial charge is 0.272 e. The minimum atomic E-state index is -0.698. The van der Waals surface area contributed by atoms with Gasteiger partial charge in [0, 0.05) is 37.4 Å². The van der Waals surface area contributed by atoms with E-state index < -0.39 is 22.9 Å². The molecule has 0 aliphatic rings. The van der Waals surface area contributed by atoms with Crippen LogP contribution in [0.4, 0.5) is 15.8 Å². The molecule has 0 aliphatic carbocycles. The Bertz CT molecular complexity index is 1900. The van der Waals surface area contributed by atoms with E-state index in [2.05, 4.69) is 16.0 Å². The van der Waals surface area contributed by atoms with Crippen LogP contribution in [0.5, 0.6) is 0 Å². The standard InChI is InChI=1S/C36H25Cl3FN3O3S/c37-24-18-25(38)20-27(19-24)42-36(46)33(22-8-3-1-4-9-22)47-28-16-14-26(15-17-28)41-35(45)32(21-29-30(39)12-7-13-31(29)40)43-34(44)23-10-5-2-6-11-23/h1-21,33H,(H,41,45)(H,42,46)(H,43,44)/b32-21-. The second-order valence-electron chi connectivity index (χ2n) is 10.0. The maximum absolute atomic E-state index is 14.6. The number of anilines is 2. The molecule has 11 heteroatoms. The van der Waals surface area contributed by atoms with Crippen molar-refractivity contribution in [1.82, 2.24) is 5.32 Å². The molecule has 0 saturated carbocycles. The fraction of sp³-hybridized carbons (Fsp3) is 0.0278. The first-order valence-corrected chi connectivity index (χ1v) is 16.1. The number of amides is 3. The zero-order valence-electron chi connectivity index (χ0n) is 24.3. The molecule has 1 unspecified atom stereocenters. The molecule has 6 nitrogen and oxygen atoms in total. The lowest BCUT2D eigenvalue weighted by atomic mass is 10.1. The third-order valence-corrected chi connectivity index (χ3v) is 8.69. The largest absolute Gasteiger partial charge is 0.325 e. The van der Waals surface area contributed by atoms with Crippen molar-refractivity contribution in [3.05, 3.63) is 165 Å². The lowest BCUT2D eigenvalue weighted by Crippen LogP contribution is -2.30. The third-order valence-electron chi connectivity index (χ3n) is 6.65. The monoisotopic (exact) mass is 703 g/mol. The van der Waals surface area contributed by atoms with Gasteiger partial charge in [0.1, 0.15) is 16.8 Å². The van der Waals surface area contributed by atoms with Crippen LogP contribution in [-0.4, -0.2) is 17.7 Å². The van der Waals surface area contributed by atoms with Crippen molar-refractivity contribution < 1.29 is 18.8 Å². The van der Waals surface area contributed by atoms with E-state index in [1.165, 1.54) is 36.0 Å². The van der Waals surface area contributed by atoms with Crippen LogP contribution in [0.2, 0.25) is 15.1 Å². The molecule has 0 spiro atoms. The van der Waals surface area contributed by atoms with Crippen LogP contribution in [0.3, 0.4) is 0 Å². The molecule has 5 aromatic carbocycles. The summed E-state index contributed by atoms with van der Waals surface area (Å²) in [6.07, 6.45) is 1.19. The number of benzene rings is 5. The Morgan fingerprint density at radius 1 is 0.702 bits per heavy atom. The Morgan fingerprint density at radius 2 is 1.34 bits per heavy atom. The number of hydrogen-bond donors (Lipinski definition) is 3. The van der Waals surface area contributed by atoms with Crippen LogP contribution < -0.4 is 16.0 Å². The first kappa shape index (κ1) is 33.8. The van der Waals surface area contributed by atoms with Gasteiger partial charge < -0.3 is 16.0 Å². The van der Waals surface area contributed by atoms with E-state index in [1.807, 2.05) is 30.3 Å². The van der Waals surface area contributed by atoms with Crippen LogP contribution in [0.25, 0.3) is 6.08 Å². The van der Waals surface area contributed by atoms with Crippen molar-refractivity contribution in [3.63, 3.8) is 0 Å². The van der Waals surface area contributed by atoms with Crippen LogP contribution >= 0.6 is 46.6 Å². The summed E-state index contributed by atoms with van der Waals surface area (Å²) in [4.78, 5) is 40.6. The number of halogens is 4. The molecular weight excluding hydrogens is 680 g/mol. The molecule has 0 bridgehead atoms. The first-order valence-electron chi connectivity index (χ1n) is 14.1. The van der Waals surface area contributed by atoms with E-state index in [4.69, 9.17) is 34.8 Å². The molecule has 0 heterocycles. The third kappa shape index (κ3) is 9.24. The second-order valence-corrected chi connectivity index (χ2v) is 12.5. The number of rotatable bonds is 10. The molecule has 236 valence electrons.